The molecule has 1 aliphatic heterocycles. The maximum atomic E-state index is 13.1. The van der Waals surface area contributed by atoms with E-state index >= 15 is 0 Å². The Morgan fingerprint density at radius 1 is 1.28 bits per heavy atom. The minimum Gasteiger partial charge on any atom is -0.336 e. The smallest absolute Gasteiger partial charge is 0.261 e. The number of piperidine rings is 1. The van der Waals surface area contributed by atoms with Crippen molar-refractivity contribution in [2.45, 2.75) is 39.7 Å². The summed E-state index contributed by atoms with van der Waals surface area (Å²) in [6.07, 6.45) is 2.15. The highest BCUT2D eigenvalue weighted by molar-refractivity contribution is 5.98. The molecule has 0 radical (unpaired) electrons. The lowest BCUT2D eigenvalue weighted by Crippen LogP contribution is -2.44. The van der Waals surface area contributed by atoms with Crippen molar-refractivity contribution in [3.05, 3.63) is 45.7 Å². The van der Waals surface area contributed by atoms with Gasteiger partial charge in [0.05, 0.1) is 0 Å². The molecule has 2 aromatic rings. The number of pyridine rings is 1. The number of amides is 1. The van der Waals surface area contributed by atoms with E-state index in [-0.39, 0.29) is 23.1 Å². The molecule has 5 heteroatoms. The molecule has 1 saturated heterocycles. The Bertz CT molecular complexity index is 819. The zero-order valence-electron chi connectivity index (χ0n) is 15.3. The van der Waals surface area contributed by atoms with Crippen LogP contribution in [0.5, 0.6) is 0 Å². The monoisotopic (exact) mass is 341 g/mol. The Balaban J connectivity index is 1.93. The van der Waals surface area contributed by atoms with E-state index in [1.54, 1.807) is 6.07 Å². The number of aromatic nitrogens is 1. The van der Waals surface area contributed by atoms with Crippen molar-refractivity contribution in [3.8, 4) is 0 Å². The van der Waals surface area contributed by atoms with Crippen LogP contribution in [0.1, 0.15) is 42.6 Å². The van der Waals surface area contributed by atoms with Crippen molar-refractivity contribution in [3.63, 3.8) is 0 Å². The highest BCUT2D eigenvalue weighted by Crippen LogP contribution is 2.19. The Labute approximate surface area is 148 Å². The first kappa shape index (κ1) is 17.7. The number of benzene rings is 1. The molecule has 2 heterocycles. The summed E-state index contributed by atoms with van der Waals surface area (Å²) in [6, 6.07) is 7.59. The number of H-pyrrole nitrogens is 1. The van der Waals surface area contributed by atoms with E-state index in [2.05, 4.69) is 10.3 Å². The van der Waals surface area contributed by atoms with Crippen molar-refractivity contribution in [1.82, 2.24) is 15.2 Å². The van der Waals surface area contributed by atoms with Gasteiger partial charge < -0.3 is 15.2 Å². The quantitative estimate of drug-likeness (QED) is 0.899. The highest BCUT2D eigenvalue weighted by atomic mass is 16.2. The Morgan fingerprint density at radius 2 is 2.00 bits per heavy atom. The van der Waals surface area contributed by atoms with Crippen LogP contribution in [0.3, 0.4) is 0 Å². The molecule has 1 aliphatic rings. The van der Waals surface area contributed by atoms with E-state index in [0.29, 0.717) is 12.5 Å². The number of carbonyl (C=O) groups is 1. The summed E-state index contributed by atoms with van der Waals surface area (Å²) in [7, 11) is 0. The summed E-state index contributed by atoms with van der Waals surface area (Å²) >= 11 is 0. The lowest BCUT2D eigenvalue weighted by Gasteiger charge is -2.32. The molecule has 0 bridgehead atoms. The maximum Gasteiger partial charge on any atom is 0.261 e. The van der Waals surface area contributed by atoms with Crippen LogP contribution >= 0.6 is 0 Å². The Morgan fingerprint density at radius 3 is 2.68 bits per heavy atom. The van der Waals surface area contributed by atoms with Crippen molar-refractivity contribution in [2.24, 2.45) is 5.92 Å². The maximum absolute atomic E-state index is 13.1. The molecule has 134 valence electrons. The minimum atomic E-state index is -0.306. The molecule has 2 N–H and O–H groups in total. The van der Waals surface area contributed by atoms with Crippen LogP contribution in [0.15, 0.2) is 29.1 Å². The van der Waals surface area contributed by atoms with Gasteiger partial charge in [-0.25, -0.2) is 0 Å². The van der Waals surface area contributed by atoms with E-state index in [9.17, 15) is 9.59 Å². The number of aryl methyl sites for hydroxylation is 1. The predicted molar refractivity (Wildman–Crippen MR) is 101 cm³/mol. The third-order valence-electron chi connectivity index (χ3n) is 5.13. The zero-order valence-corrected chi connectivity index (χ0v) is 15.3. The molecule has 0 atom stereocenters. The van der Waals surface area contributed by atoms with Crippen LogP contribution in [-0.4, -0.2) is 41.5 Å². The highest BCUT2D eigenvalue weighted by Gasteiger charge is 2.25. The van der Waals surface area contributed by atoms with Crippen LogP contribution in [0, 0.1) is 12.8 Å². The van der Waals surface area contributed by atoms with Crippen LogP contribution in [0.4, 0.5) is 0 Å². The van der Waals surface area contributed by atoms with E-state index in [1.165, 1.54) is 0 Å². The molecule has 1 aromatic carbocycles. The van der Waals surface area contributed by atoms with Gasteiger partial charge in [0.2, 0.25) is 0 Å². The fraction of sp³-hybridized carbons (Fsp3) is 0.500. The van der Waals surface area contributed by atoms with Crippen LogP contribution in [-0.2, 0) is 0 Å². The average molecular weight is 341 g/mol. The standard InChI is InChI=1S/C20H27N3O2/c1-13(2)23(12-15-7-9-21-10-8-15)20(25)17-11-16-14(3)5-4-6-18(16)22-19(17)24/h4-6,11,13,15,21H,7-10,12H2,1-3H3,(H,22,24). The van der Waals surface area contributed by atoms with Crippen molar-refractivity contribution < 1.29 is 4.79 Å². The number of rotatable bonds is 4. The van der Waals surface area contributed by atoms with E-state index in [4.69, 9.17) is 0 Å². The third-order valence-corrected chi connectivity index (χ3v) is 5.13. The molecule has 5 nitrogen and oxygen atoms in total. The molecule has 0 saturated carbocycles. The fourth-order valence-corrected chi connectivity index (χ4v) is 3.57. The van der Waals surface area contributed by atoms with Gasteiger partial charge in [-0.15, -0.1) is 0 Å². The Hall–Kier alpha value is -2.14. The normalized spacial score (nSPS) is 15.7. The zero-order chi connectivity index (χ0) is 18.0. The Kier molecular flexibility index (Phi) is 5.23. The second kappa shape index (κ2) is 7.40. The number of nitrogens with one attached hydrogen (secondary N) is 2. The first-order chi connectivity index (χ1) is 12.0. The van der Waals surface area contributed by atoms with E-state index in [0.717, 1.165) is 42.4 Å². The SMILES string of the molecule is Cc1cccc2[nH]c(=O)c(C(=O)N(CC3CCNCC3)C(C)C)cc12. The van der Waals surface area contributed by atoms with Gasteiger partial charge in [-0.1, -0.05) is 12.1 Å². The van der Waals surface area contributed by atoms with Gasteiger partial charge in [0.1, 0.15) is 5.56 Å². The van der Waals surface area contributed by atoms with E-state index < -0.39 is 0 Å². The molecule has 1 fully saturated rings. The predicted octanol–water partition coefficient (Wildman–Crippen LogP) is 2.69. The molecular formula is C20H27N3O2. The first-order valence-corrected chi connectivity index (χ1v) is 9.11. The molecule has 1 amide bonds. The minimum absolute atomic E-state index is 0.0642. The largest absolute Gasteiger partial charge is 0.336 e. The molecule has 25 heavy (non-hydrogen) atoms. The summed E-state index contributed by atoms with van der Waals surface area (Å²) in [6.45, 7) is 8.73. The van der Waals surface area contributed by atoms with Crippen LogP contribution in [0.2, 0.25) is 0 Å². The lowest BCUT2D eigenvalue weighted by molar-refractivity contribution is 0.0656. The van der Waals surface area contributed by atoms with Crippen LogP contribution < -0.4 is 10.9 Å². The molecular weight excluding hydrogens is 314 g/mol. The number of aromatic amines is 1. The molecule has 1 aromatic heterocycles. The summed E-state index contributed by atoms with van der Waals surface area (Å²) in [5, 5.41) is 4.28. The number of hydrogen-bond acceptors (Lipinski definition) is 3. The van der Waals surface area contributed by atoms with Gasteiger partial charge >= 0.3 is 0 Å². The topological polar surface area (TPSA) is 65.2 Å². The van der Waals surface area contributed by atoms with Crippen LogP contribution in [0.25, 0.3) is 10.9 Å². The van der Waals surface area contributed by atoms with Crippen molar-refractivity contribution >= 4 is 16.8 Å². The van der Waals surface area contributed by atoms with E-state index in [1.807, 2.05) is 43.9 Å². The second-order valence-corrected chi connectivity index (χ2v) is 7.29. The summed E-state index contributed by atoms with van der Waals surface area (Å²) in [5.41, 5.74) is 1.76. The molecule has 0 spiro atoms. The first-order valence-electron chi connectivity index (χ1n) is 9.11. The van der Waals surface area contributed by atoms with Gasteiger partial charge in [-0.05, 0) is 70.3 Å². The summed E-state index contributed by atoms with van der Waals surface area (Å²) in [4.78, 5) is 30.3. The fourth-order valence-electron chi connectivity index (χ4n) is 3.57. The van der Waals surface area contributed by atoms with Gasteiger partial charge in [0.15, 0.2) is 0 Å². The van der Waals surface area contributed by atoms with Gasteiger partial charge in [0.25, 0.3) is 11.5 Å². The average Bonchev–Trinajstić information content (AvgIpc) is 2.59. The number of fused-ring (bicyclic) bond motifs is 1. The van der Waals surface area contributed by atoms with Gasteiger partial charge in [-0.3, -0.25) is 9.59 Å². The summed E-state index contributed by atoms with van der Waals surface area (Å²) in [5.74, 6) is 0.328. The van der Waals surface area contributed by atoms with Crippen molar-refractivity contribution in [2.75, 3.05) is 19.6 Å². The summed E-state index contributed by atoms with van der Waals surface area (Å²) < 4.78 is 0. The molecule has 0 unspecified atom stereocenters. The number of nitrogens with zero attached hydrogens (tertiary/aromatic N) is 1. The van der Waals surface area contributed by atoms with Crippen molar-refractivity contribution in [1.29, 1.82) is 0 Å². The lowest BCUT2D eigenvalue weighted by atomic mass is 9.96. The third kappa shape index (κ3) is 3.76. The number of hydrogen-bond donors (Lipinski definition) is 2. The van der Waals surface area contributed by atoms with Gasteiger partial charge in [-0.2, -0.15) is 0 Å². The second-order valence-electron chi connectivity index (χ2n) is 7.29. The number of carbonyl (C=O) groups excluding carboxylic acids is 1. The molecule has 0 aliphatic carbocycles. The molecule has 3 rings (SSSR count). The van der Waals surface area contributed by atoms with Gasteiger partial charge in [0, 0.05) is 23.5 Å².